The molecule has 0 heterocycles. The van der Waals surface area contributed by atoms with Crippen LogP contribution in [0.15, 0.2) is 72.8 Å². The van der Waals surface area contributed by atoms with E-state index in [0.29, 0.717) is 28.6 Å². The molecule has 2 amide bonds. The van der Waals surface area contributed by atoms with Crippen molar-refractivity contribution in [3.8, 4) is 5.75 Å². The van der Waals surface area contributed by atoms with Gasteiger partial charge in [-0.2, -0.15) is 0 Å². The topological polar surface area (TPSA) is 96.0 Å². The normalized spacial score (nSPS) is 11.9. The molecule has 0 spiro atoms. The molecule has 3 aromatic carbocycles. The third kappa shape index (κ3) is 8.22. The van der Waals surface area contributed by atoms with Gasteiger partial charge in [0.25, 0.3) is 0 Å². The maximum atomic E-state index is 14.1. The van der Waals surface area contributed by atoms with Gasteiger partial charge in [0.05, 0.1) is 19.1 Å². The van der Waals surface area contributed by atoms with Gasteiger partial charge >= 0.3 is 0 Å². The zero-order valence-electron chi connectivity index (χ0n) is 23.3. The Morgan fingerprint density at radius 3 is 2.33 bits per heavy atom. The number of benzene rings is 3. The molecule has 1 N–H and O–H groups in total. The van der Waals surface area contributed by atoms with E-state index in [0.717, 1.165) is 28.1 Å². The van der Waals surface area contributed by atoms with E-state index in [1.807, 2.05) is 43.3 Å². The van der Waals surface area contributed by atoms with E-state index in [-0.39, 0.29) is 18.9 Å². The molecule has 3 aromatic rings. The molecule has 0 aliphatic heterocycles. The number of rotatable bonds is 13. The minimum atomic E-state index is -3.88. The van der Waals surface area contributed by atoms with Crippen LogP contribution in [0.25, 0.3) is 0 Å². The smallest absolute Gasteiger partial charge is 0.244 e. The van der Waals surface area contributed by atoms with Crippen LogP contribution in [-0.2, 0) is 32.6 Å². The molecular weight excluding hydrogens is 550 g/mol. The second-order valence-electron chi connectivity index (χ2n) is 9.52. The molecular formula is C30H36ClN3O5S. The van der Waals surface area contributed by atoms with Crippen molar-refractivity contribution in [1.82, 2.24) is 10.2 Å². The van der Waals surface area contributed by atoms with Crippen LogP contribution >= 0.6 is 11.6 Å². The summed E-state index contributed by atoms with van der Waals surface area (Å²) in [5.74, 6) is -0.237. The Balaban J connectivity index is 2.08. The van der Waals surface area contributed by atoms with E-state index in [1.165, 1.54) is 4.90 Å². The van der Waals surface area contributed by atoms with Crippen LogP contribution in [0, 0.1) is 6.92 Å². The minimum Gasteiger partial charge on any atom is -0.497 e. The number of halogens is 1. The molecule has 0 unspecified atom stereocenters. The Bertz CT molecular complexity index is 1420. The highest BCUT2D eigenvalue weighted by atomic mass is 35.5. The number of carbonyl (C=O) groups is 2. The molecule has 0 bridgehead atoms. The van der Waals surface area contributed by atoms with E-state index < -0.39 is 28.5 Å². The van der Waals surface area contributed by atoms with E-state index in [2.05, 4.69) is 5.32 Å². The number of hydrogen-bond donors (Lipinski definition) is 1. The number of amides is 2. The van der Waals surface area contributed by atoms with Gasteiger partial charge in [-0.3, -0.25) is 13.9 Å². The number of sulfonamides is 1. The fourth-order valence-electron chi connectivity index (χ4n) is 4.35. The molecule has 0 aliphatic carbocycles. The van der Waals surface area contributed by atoms with Crippen LogP contribution in [0.4, 0.5) is 5.69 Å². The van der Waals surface area contributed by atoms with Crippen LogP contribution in [0.3, 0.4) is 0 Å². The molecule has 0 aliphatic rings. The first-order chi connectivity index (χ1) is 19.0. The highest BCUT2D eigenvalue weighted by Crippen LogP contribution is 2.29. The van der Waals surface area contributed by atoms with Gasteiger partial charge in [-0.15, -0.1) is 0 Å². The number of nitrogens with zero attached hydrogens (tertiary/aromatic N) is 2. The Morgan fingerprint density at radius 2 is 1.68 bits per heavy atom. The largest absolute Gasteiger partial charge is 0.497 e. The van der Waals surface area contributed by atoms with Crippen molar-refractivity contribution in [2.75, 3.05) is 30.8 Å². The first kappa shape index (κ1) is 31.0. The molecule has 0 fully saturated rings. The fourth-order valence-corrected chi connectivity index (χ4v) is 5.42. The van der Waals surface area contributed by atoms with Crippen LogP contribution in [0.1, 0.15) is 30.0 Å². The summed E-state index contributed by atoms with van der Waals surface area (Å²) in [6.07, 6.45) is 2.02. The van der Waals surface area contributed by atoms with Gasteiger partial charge in [0.1, 0.15) is 18.3 Å². The maximum absolute atomic E-state index is 14.1. The lowest BCUT2D eigenvalue weighted by Gasteiger charge is -2.34. The molecule has 0 radical (unpaired) electrons. The zero-order valence-corrected chi connectivity index (χ0v) is 24.8. The van der Waals surface area contributed by atoms with Gasteiger partial charge in [-0.05, 0) is 54.3 Å². The number of carbonyl (C=O) groups excluding carboxylic acids is 2. The first-order valence-corrected chi connectivity index (χ1v) is 15.2. The standard InChI is InChI=1S/C30H36ClN3O5S/c1-5-17-32-30(36)28(19-23-11-7-6-8-12-23)33(20-24-13-9-14-25(18-24)39-3)29(35)21-34(40(4,37)38)27-16-10-15-26(31)22(27)2/h6-16,18,28H,5,17,19-21H2,1-4H3,(H,32,36)/t28-/m1/s1. The van der Waals surface area contributed by atoms with E-state index in [4.69, 9.17) is 16.3 Å². The monoisotopic (exact) mass is 585 g/mol. The van der Waals surface area contributed by atoms with Crippen molar-refractivity contribution in [3.05, 3.63) is 94.5 Å². The Labute approximate surface area is 241 Å². The highest BCUT2D eigenvalue weighted by Gasteiger charge is 2.33. The number of ether oxygens (including phenoxy) is 1. The molecule has 40 heavy (non-hydrogen) atoms. The number of methoxy groups -OCH3 is 1. The third-order valence-corrected chi connectivity index (χ3v) is 8.03. The molecule has 10 heteroatoms. The Hall–Kier alpha value is -3.56. The van der Waals surface area contributed by atoms with Crippen LogP contribution in [0.5, 0.6) is 5.75 Å². The zero-order chi connectivity index (χ0) is 29.3. The SMILES string of the molecule is CCCNC(=O)[C@@H](Cc1ccccc1)N(Cc1cccc(OC)c1)C(=O)CN(c1cccc(Cl)c1C)S(C)(=O)=O. The van der Waals surface area contributed by atoms with Gasteiger partial charge in [-0.1, -0.05) is 67.1 Å². The van der Waals surface area contributed by atoms with Crippen molar-refractivity contribution in [3.63, 3.8) is 0 Å². The lowest BCUT2D eigenvalue weighted by atomic mass is 10.0. The van der Waals surface area contributed by atoms with Crippen molar-refractivity contribution in [2.45, 2.75) is 39.3 Å². The van der Waals surface area contributed by atoms with Gasteiger partial charge < -0.3 is 15.0 Å². The first-order valence-electron chi connectivity index (χ1n) is 13.0. The molecule has 0 saturated heterocycles. The lowest BCUT2D eigenvalue weighted by Crippen LogP contribution is -2.53. The summed E-state index contributed by atoms with van der Waals surface area (Å²) < 4.78 is 32.3. The van der Waals surface area contributed by atoms with Crippen LogP contribution in [0.2, 0.25) is 5.02 Å². The summed E-state index contributed by atoms with van der Waals surface area (Å²) in [6, 6.07) is 20.6. The average molecular weight is 586 g/mol. The summed E-state index contributed by atoms with van der Waals surface area (Å²) in [5.41, 5.74) is 2.44. The Morgan fingerprint density at radius 1 is 1.00 bits per heavy atom. The van der Waals surface area contributed by atoms with Crippen molar-refractivity contribution < 1.29 is 22.7 Å². The van der Waals surface area contributed by atoms with Gasteiger partial charge in [0, 0.05) is 24.5 Å². The number of nitrogens with one attached hydrogen (secondary N) is 1. The molecule has 0 saturated carbocycles. The number of hydrogen-bond acceptors (Lipinski definition) is 5. The third-order valence-electron chi connectivity index (χ3n) is 6.49. The van der Waals surface area contributed by atoms with Crippen LogP contribution in [-0.4, -0.2) is 57.6 Å². The molecule has 214 valence electrons. The quantitative estimate of drug-likeness (QED) is 0.317. The van der Waals surface area contributed by atoms with Gasteiger partial charge in [0.2, 0.25) is 21.8 Å². The Kier molecular flexibility index (Phi) is 11.0. The predicted octanol–water partition coefficient (Wildman–Crippen LogP) is 4.59. The van der Waals surface area contributed by atoms with Gasteiger partial charge in [0.15, 0.2) is 0 Å². The van der Waals surface area contributed by atoms with E-state index in [1.54, 1.807) is 50.4 Å². The summed E-state index contributed by atoms with van der Waals surface area (Å²) in [7, 11) is -2.33. The fraction of sp³-hybridized carbons (Fsp3) is 0.333. The number of anilines is 1. The average Bonchev–Trinajstić information content (AvgIpc) is 2.94. The van der Waals surface area contributed by atoms with Crippen LogP contribution < -0.4 is 14.4 Å². The van der Waals surface area contributed by atoms with Crippen molar-refractivity contribution >= 4 is 39.1 Å². The second kappa shape index (κ2) is 14.2. The maximum Gasteiger partial charge on any atom is 0.244 e. The summed E-state index contributed by atoms with van der Waals surface area (Å²) in [5, 5.41) is 3.30. The lowest BCUT2D eigenvalue weighted by molar-refractivity contribution is -0.140. The van der Waals surface area contributed by atoms with Crippen molar-refractivity contribution in [2.24, 2.45) is 0 Å². The van der Waals surface area contributed by atoms with E-state index in [9.17, 15) is 18.0 Å². The minimum absolute atomic E-state index is 0.0687. The van der Waals surface area contributed by atoms with Gasteiger partial charge in [-0.25, -0.2) is 8.42 Å². The molecule has 3 rings (SSSR count). The van der Waals surface area contributed by atoms with E-state index >= 15 is 0 Å². The molecule has 0 aromatic heterocycles. The molecule has 1 atom stereocenters. The summed E-state index contributed by atoms with van der Waals surface area (Å²) in [6.45, 7) is 3.66. The van der Waals surface area contributed by atoms with Crippen molar-refractivity contribution in [1.29, 1.82) is 0 Å². The summed E-state index contributed by atoms with van der Waals surface area (Å²) in [4.78, 5) is 29.1. The molecule has 8 nitrogen and oxygen atoms in total. The summed E-state index contributed by atoms with van der Waals surface area (Å²) >= 11 is 6.29. The predicted molar refractivity (Wildman–Crippen MR) is 159 cm³/mol. The highest BCUT2D eigenvalue weighted by molar-refractivity contribution is 7.92. The second-order valence-corrected chi connectivity index (χ2v) is 11.8.